The molecule has 0 aromatic heterocycles. The summed E-state index contributed by atoms with van der Waals surface area (Å²) in [4.78, 5) is 11.7. The van der Waals surface area contributed by atoms with Crippen molar-refractivity contribution in [1.82, 2.24) is 0 Å². The highest BCUT2D eigenvalue weighted by atomic mass is 16.5. The van der Waals surface area contributed by atoms with E-state index in [0.717, 1.165) is 60.7 Å². The van der Waals surface area contributed by atoms with E-state index in [2.05, 4.69) is 41.5 Å². The van der Waals surface area contributed by atoms with Crippen LogP contribution in [-0.4, -0.2) is 13.1 Å². The third-order valence-electron chi connectivity index (χ3n) is 9.98. The molecule has 10 atom stereocenters. The molecule has 0 saturated heterocycles. The number of methoxy groups -OCH3 is 1. The Morgan fingerprint density at radius 3 is 2.12 bits per heavy atom. The minimum atomic E-state index is -0.218. The van der Waals surface area contributed by atoms with Gasteiger partial charge in [-0.15, -0.1) is 0 Å². The van der Waals surface area contributed by atoms with Gasteiger partial charge in [0.05, 0.1) is 12.5 Å². The normalized spacial score (nSPS) is 43.5. The molecule has 0 N–H and O–H groups in total. The van der Waals surface area contributed by atoms with Crippen LogP contribution < -0.4 is 0 Å². The second-order valence-corrected chi connectivity index (χ2v) is 11.9. The molecule has 0 radical (unpaired) electrons. The highest BCUT2D eigenvalue weighted by molar-refractivity contribution is 5.77. The van der Waals surface area contributed by atoms with Crippen molar-refractivity contribution in [3.8, 4) is 0 Å². The third kappa shape index (κ3) is 5.41. The zero-order valence-electron chi connectivity index (χ0n) is 21.1. The summed E-state index contributed by atoms with van der Waals surface area (Å²) >= 11 is 0. The van der Waals surface area contributed by atoms with Crippen LogP contribution in [0.15, 0.2) is 0 Å². The van der Waals surface area contributed by atoms with Gasteiger partial charge in [0.1, 0.15) is 0 Å². The maximum atomic E-state index is 11.7. The summed E-state index contributed by atoms with van der Waals surface area (Å²) in [6.07, 6.45) is 13.6. The third-order valence-corrected chi connectivity index (χ3v) is 9.98. The first-order valence-corrected chi connectivity index (χ1v) is 13.4. The molecule has 0 amide bonds. The van der Waals surface area contributed by atoms with Crippen LogP contribution in [0, 0.1) is 58.7 Å². The number of rotatable bonds is 6. The van der Waals surface area contributed by atoms with Crippen LogP contribution in [-0.2, 0) is 9.53 Å². The average molecular weight is 451 g/mol. The molecule has 2 heteroatoms. The number of carbonyl (C=O) groups excluding carboxylic acids is 1. The predicted octanol–water partition coefficient (Wildman–Crippen LogP) is 9.03. The molecule has 4 fully saturated rings. The van der Waals surface area contributed by atoms with Gasteiger partial charge in [-0.25, -0.2) is 0 Å². The van der Waals surface area contributed by atoms with Gasteiger partial charge in [-0.1, -0.05) is 75.2 Å². The van der Waals surface area contributed by atoms with Gasteiger partial charge < -0.3 is 4.74 Å². The molecule has 0 spiro atoms. The second-order valence-electron chi connectivity index (χ2n) is 11.9. The van der Waals surface area contributed by atoms with Crippen molar-refractivity contribution < 1.29 is 9.53 Å². The Labute approximate surface area is 202 Å². The highest BCUT2D eigenvalue weighted by Gasteiger charge is 2.58. The van der Waals surface area contributed by atoms with Gasteiger partial charge in [-0.3, -0.25) is 4.79 Å². The molecule has 190 valence electrons. The molecule has 0 heterocycles. The van der Waals surface area contributed by atoms with E-state index in [4.69, 9.17) is 4.74 Å². The maximum absolute atomic E-state index is 11.7. The molecule has 2 bridgehead atoms. The quantitative estimate of drug-likeness (QED) is 0.377. The van der Waals surface area contributed by atoms with E-state index < -0.39 is 0 Å². The van der Waals surface area contributed by atoms with Crippen molar-refractivity contribution >= 4 is 5.97 Å². The fourth-order valence-electron chi connectivity index (χ4n) is 9.03. The summed E-state index contributed by atoms with van der Waals surface area (Å²) in [6.45, 7) is 13.8. The number of esters is 1. The van der Waals surface area contributed by atoms with Gasteiger partial charge >= 0.3 is 5.97 Å². The molecule has 4 aliphatic carbocycles. The summed E-state index contributed by atoms with van der Waals surface area (Å²) in [5.74, 6) is 9.01. The van der Waals surface area contributed by atoms with Crippen LogP contribution in [0.4, 0.5) is 0 Å². The second kappa shape index (κ2) is 12.3. The summed E-state index contributed by atoms with van der Waals surface area (Å²) in [5, 5.41) is 0. The average Bonchev–Trinajstić information content (AvgIpc) is 3.45. The summed E-state index contributed by atoms with van der Waals surface area (Å²) in [7, 11) is 1.50. The van der Waals surface area contributed by atoms with E-state index in [9.17, 15) is 4.79 Å². The molecule has 32 heavy (non-hydrogen) atoms. The highest BCUT2D eigenvalue weighted by Crippen LogP contribution is 2.65. The summed E-state index contributed by atoms with van der Waals surface area (Å²) in [6, 6.07) is 0. The fraction of sp³-hybridized carbons (Fsp3) is 0.967. The Balaban J connectivity index is 0.000000304. The Morgan fingerprint density at radius 2 is 1.56 bits per heavy atom. The smallest absolute Gasteiger partial charge is 0.311 e. The van der Waals surface area contributed by atoms with E-state index in [1.165, 1.54) is 32.8 Å². The van der Waals surface area contributed by atoms with Crippen molar-refractivity contribution in [2.24, 2.45) is 58.7 Å². The molecule has 0 aromatic rings. The van der Waals surface area contributed by atoms with E-state index >= 15 is 0 Å². The molecule has 4 saturated carbocycles. The molecular formula is C30H58O2. The van der Waals surface area contributed by atoms with Crippen LogP contribution in [0.2, 0.25) is 0 Å². The Hall–Kier alpha value is -0.530. The van der Waals surface area contributed by atoms with Gasteiger partial charge in [0.15, 0.2) is 0 Å². The summed E-state index contributed by atoms with van der Waals surface area (Å²) < 4.78 is 4.92. The van der Waals surface area contributed by atoms with E-state index in [0.29, 0.717) is 11.8 Å². The number of carbonyl (C=O) groups is 1. The van der Waals surface area contributed by atoms with Crippen molar-refractivity contribution in [3.05, 3.63) is 0 Å². The molecular weight excluding hydrogens is 392 g/mol. The first kappa shape index (κ1) is 29.5. The van der Waals surface area contributed by atoms with Gasteiger partial charge in [-0.2, -0.15) is 0 Å². The molecule has 0 aromatic carbocycles. The zero-order chi connectivity index (χ0) is 22.1. The molecule has 0 aliphatic heterocycles. The SMILES string of the molecule is C.C.CCCC1CC(C)C2C3CC(CC)C(C3)C12.CCCC1CC(C)CC1(C)C(=O)OC. The lowest BCUT2D eigenvalue weighted by Gasteiger charge is -2.35. The van der Waals surface area contributed by atoms with Crippen molar-refractivity contribution in [1.29, 1.82) is 0 Å². The van der Waals surface area contributed by atoms with Gasteiger partial charge in [0.25, 0.3) is 0 Å². The van der Waals surface area contributed by atoms with Crippen LogP contribution in [0.5, 0.6) is 0 Å². The number of hydrogen-bond acceptors (Lipinski definition) is 2. The lowest BCUT2D eigenvalue weighted by Crippen LogP contribution is -2.32. The number of fused-ring (bicyclic) bond motifs is 5. The van der Waals surface area contributed by atoms with Crippen molar-refractivity contribution in [3.63, 3.8) is 0 Å². The fourth-order valence-corrected chi connectivity index (χ4v) is 9.03. The first-order valence-electron chi connectivity index (χ1n) is 13.4. The monoisotopic (exact) mass is 450 g/mol. The first-order chi connectivity index (χ1) is 14.3. The molecule has 4 aliphatic rings. The molecule has 2 nitrogen and oxygen atoms in total. The summed E-state index contributed by atoms with van der Waals surface area (Å²) in [5.41, 5.74) is -0.218. The zero-order valence-corrected chi connectivity index (χ0v) is 21.1. The van der Waals surface area contributed by atoms with Gasteiger partial charge in [0, 0.05) is 0 Å². The molecule has 10 unspecified atom stereocenters. The van der Waals surface area contributed by atoms with Crippen molar-refractivity contribution in [2.45, 2.75) is 121 Å². The van der Waals surface area contributed by atoms with Crippen LogP contribution in [0.25, 0.3) is 0 Å². The Bertz CT molecular complexity index is 571. The Kier molecular flexibility index (Phi) is 11.3. The van der Waals surface area contributed by atoms with E-state index in [1.807, 2.05) is 0 Å². The van der Waals surface area contributed by atoms with Gasteiger partial charge in [0.2, 0.25) is 0 Å². The van der Waals surface area contributed by atoms with Crippen LogP contribution >= 0.6 is 0 Å². The van der Waals surface area contributed by atoms with E-state index in [-0.39, 0.29) is 26.2 Å². The lowest BCUT2D eigenvalue weighted by atomic mass is 9.70. The minimum absolute atomic E-state index is 0. The van der Waals surface area contributed by atoms with Crippen LogP contribution in [0.1, 0.15) is 121 Å². The van der Waals surface area contributed by atoms with Crippen LogP contribution in [0.3, 0.4) is 0 Å². The lowest BCUT2D eigenvalue weighted by molar-refractivity contribution is -0.154. The minimum Gasteiger partial charge on any atom is -0.469 e. The predicted molar refractivity (Wildman–Crippen MR) is 140 cm³/mol. The van der Waals surface area contributed by atoms with Gasteiger partial charge in [-0.05, 0) is 98.7 Å². The number of ether oxygens (including phenoxy) is 1. The maximum Gasteiger partial charge on any atom is 0.311 e. The molecule has 4 rings (SSSR count). The Morgan fingerprint density at radius 1 is 0.906 bits per heavy atom. The topological polar surface area (TPSA) is 26.3 Å². The number of hydrogen-bond donors (Lipinski definition) is 0. The van der Waals surface area contributed by atoms with E-state index in [1.54, 1.807) is 19.3 Å². The standard InChI is InChI=1S/C16H28.C12H22O2.2CH4/c1-4-6-12-7-10(3)15-13-8-11(5-2)14(9-13)16(12)15;1-5-6-10-7-9(2)8-12(10,3)11(13)14-4;;/h10-16H,4-9H2,1-3H3;9-10H,5-8H2,1-4H3;2*1H4. The van der Waals surface area contributed by atoms with Crippen molar-refractivity contribution in [2.75, 3.05) is 7.11 Å². The largest absolute Gasteiger partial charge is 0.469 e.